The molecule has 0 saturated heterocycles. The van der Waals surface area contributed by atoms with Crippen molar-refractivity contribution < 1.29 is 13.2 Å². The lowest BCUT2D eigenvalue weighted by Crippen LogP contribution is -2.08. The zero-order valence-corrected chi connectivity index (χ0v) is 10.7. The van der Waals surface area contributed by atoms with Crippen molar-refractivity contribution in [2.75, 3.05) is 13.6 Å². The highest BCUT2D eigenvalue weighted by atomic mass is 79.9. The van der Waals surface area contributed by atoms with Gasteiger partial charge < -0.3 is 5.32 Å². The van der Waals surface area contributed by atoms with E-state index >= 15 is 0 Å². The molecule has 17 heavy (non-hydrogen) atoms. The lowest BCUT2D eigenvalue weighted by molar-refractivity contribution is -0.137. The SMILES string of the molecule is CNCCC#Cc1ccc(Br)cc1C(F)(F)F. The van der Waals surface area contributed by atoms with Gasteiger partial charge in [0.2, 0.25) is 0 Å². The van der Waals surface area contributed by atoms with Gasteiger partial charge in [-0.25, -0.2) is 0 Å². The fourth-order valence-electron chi connectivity index (χ4n) is 1.21. The monoisotopic (exact) mass is 305 g/mol. The van der Waals surface area contributed by atoms with Crippen molar-refractivity contribution in [3.8, 4) is 11.8 Å². The summed E-state index contributed by atoms with van der Waals surface area (Å²) in [7, 11) is 1.77. The number of hydrogen-bond donors (Lipinski definition) is 1. The van der Waals surface area contributed by atoms with Crippen LogP contribution in [0.2, 0.25) is 0 Å². The molecule has 1 N–H and O–H groups in total. The largest absolute Gasteiger partial charge is 0.417 e. The van der Waals surface area contributed by atoms with Gasteiger partial charge in [-0.05, 0) is 25.2 Å². The van der Waals surface area contributed by atoms with Crippen molar-refractivity contribution in [3.63, 3.8) is 0 Å². The van der Waals surface area contributed by atoms with E-state index in [4.69, 9.17) is 0 Å². The molecule has 92 valence electrons. The smallest absolute Gasteiger partial charge is 0.319 e. The highest BCUT2D eigenvalue weighted by Gasteiger charge is 2.33. The number of hydrogen-bond acceptors (Lipinski definition) is 1. The van der Waals surface area contributed by atoms with Gasteiger partial charge in [-0.1, -0.05) is 27.8 Å². The van der Waals surface area contributed by atoms with E-state index < -0.39 is 11.7 Å². The van der Waals surface area contributed by atoms with Gasteiger partial charge in [-0.15, -0.1) is 0 Å². The van der Waals surface area contributed by atoms with Gasteiger partial charge in [0, 0.05) is 23.0 Å². The first-order valence-electron chi connectivity index (χ1n) is 4.95. The van der Waals surface area contributed by atoms with Gasteiger partial charge >= 0.3 is 6.18 Å². The molecule has 0 aliphatic rings. The van der Waals surface area contributed by atoms with Crippen molar-refractivity contribution in [3.05, 3.63) is 33.8 Å². The van der Waals surface area contributed by atoms with Gasteiger partial charge in [-0.2, -0.15) is 13.2 Å². The number of halogens is 4. The maximum atomic E-state index is 12.7. The quantitative estimate of drug-likeness (QED) is 0.652. The molecule has 0 aliphatic heterocycles. The zero-order chi connectivity index (χ0) is 12.9. The van der Waals surface area contributed by atoms with Gasteiger partial charge in [0.05, 0.1) is 5.56 Å². The molecule has 1 aromatic carbocycles. The molecular formula is C12H11BrF3N. The standard InChI is InChI=1S/C12H11BrF3N/c1-17-7-3-2-4-9-5-6-10(13)8-11(9)12(14,15)16/h5-6,8,17H,3,7H2,1H3. The van der Waals surface area contributed by atoms with Crippen molar-refractivity contribution in [1.82, 2.24) is 5.32 Å². The molecule has 0 amide bonds. The highest BCUT2D eigenvalue weighted by Crippen LogP contribution is 2.33. The summed E-state index contributed by atoms with van der Waals surface area (Å²) < 4.78 is 38.5. The molecule has 0 fully saturated rings. The maximum absolute atomic E-state index is 12.7. The lowest BCUT2D eigenvalue weighted by Gasteiger charge is -2.09. The third kappa shape index (κ3) is 4.41. The topological polar surface area (TPSA) is 12.0 Å². The Morgan fingerprint density at radius 2 is 2.06 bits per heavy atom. The summed E-state index contributed by atoms with van der Waals surface area (Å²) in [5, 5.41) is 2.88. The van der Waals surface area contributed by atoms with Crippen LogP contribution < -0.4 is 5.32 Å². The fourth-order valence-corrected chi connectivity index (χ4v) is 1.57. The molecule has 1 nitrogen and oxygen atoms in total. The average molecular weight is 306 g/mol. The van der Waals surface area contributed by atoms with Crippen LogP contribution in [0.1, 0.15) is 17.5 Å². The predicted molar refractivity (Wildman–Crippen MR) is 64.6 cm³/mol. The Bertz CT molecular complexity index is 443. The summed E-state index contributed by atoms with van der Waals surface area (Å²) in [6.07, 6.45) is -3.86. The van der Waals surface area contributed by atoms with Crippen LogP contribution in [0.25, 0.3) is 0 Å². The van der Waals surface area contributed by atoms with Crippen molar-refractivity contribution in [2.45, 2.75) is 12.6 Å². The third-order valence-electron chi connectivity index (χ3n) is 2.01. The molecule has 0 aromatic heterocycles. The number of nitrogens with one attached hydrogen (secondary N) is 1. The molecule has 1 rings (SSSR count). The Morgan fingerprint density at radius 1 is 1.35 bits per heavy atom. The Hall–Kier alpha value is -0.990. The summed E-state index contributed by atoms with van der Waals surface area (Å²) in [5.74, 6) is 5.26. The molecule has 0 atom stereocenters. The fraction of sp³-hybridized carbons (Fsp3) is 0.333. The second-order valence-electron chi connectivity index (χ2n) is 3.34. The van der Waals surface area contributed by atoms with Crippen molar-refractivity contribution in [1.29, 1.82) is 0 Å². The van der Waals surface area contributed by atoms with Gasteiger partial charge in [-0.3, -0.25) is 0 Å². The number of rotatable bonds is 2. The summed E-state index contributed by atoms with van der Waals surface area (Å²) in [6.45, 7) is 0.658. The molecule has 0 radical (unpaired) electrons. The van der Waals surface area contributed by atoms with E-state index in [1.54, 1.807) is 13.1 Å². The van der Waals surface area contributed by atoms with E-state index in [1.165, 1.54) is 6.07 Å². The van der Waals surface area contributed by atoms with Crippen molar-refractivity contribution in [2.24, 2.45) is 0 Å². The lowest BCUT2D eigenvalue weighted by atomic mass is 10.1. The van der Waals surface area contributed by atoms with E-state index in [1.807, 2.05) is 0 Å². The summed E-state index contributed by atoms with van der Waals surface area (Å²) >= 11 is 3.02. The number of alkyl halides is 3. The second-order valence-corrected chi connectivity index (χ2v) is 4.26. The molecule has 0 aliphatic carbocycles. The van der Waals surface area contributed by atoms with Crippen LogP contribution in [0.5, 0.6) is 0 Å². The van der Waals surface area contributed by atoms with Crippen LogP contribution >= 0.6 is 15.9 Å². The van der Waals surface area contributed by atoms with E-state index in [0.717, 1.165) is 6.07 Å². The molecule has 0 heterocycles. The first-order valence-corrected chi connectivity index (χ1v) is 5.74. The van der Waals surface area contributed by atoms with Crippen LogP contribution in [0, 0.1) is 11.8 Å². The minimum Gasteiger partial charge on any atom is -0.319 e. The van der Waals surface area contributed by atoms with Crippen LogP contribution in [0.4, 0.5) is 13.2 Å². The molecular weight excluding hydrogens is 295 g/mol. The molecule has 0 spiro atoms. The molecule has 0 saturated carbocycles. The Balaban J connectivity index is 3.02. The molecule has 5 heteroatoms. The summed E-state index contributed by atoms with van der Waals surface area (Å²) in [5.41, 5.74) is -0.694. The van der Waals surface area contributed by atoms with Crippen LogP contribution in [0.3, 0.4) is 0 Å². The first kappa shape index (κ1) is 14.1. The Kier molecular flexibility index (Phi) is 5.03. The highest BCUT2D eigenvalue weighted by molar-refractivity contribution is 9.10. The van der Waals surface area contributed by atoms with E-state index in [0.29, 0.717) is 17.4 Å². The van der Waals surface area contributed by atoms with E-state index in [9.17, 15) is 13.2 Å². The third-order valence-corrected chi connectivity index (χ3v) is 2.50. The minimum absolute atomic E-state index is 0.0109. The molecule has 0 unspecified atom stereocenters. The van der Waals surface area contributed by atoms with Crippen LogP contribution in [0.15, 0.2) is 22.7 Å². The zero-order valence-electron chi connectivity index (χ0n) is 9.16. The predicted octanol–water partition coefficient (Wildman–Crippen LogP) is 3.43. The van der Waals surface area contributed by atoms with Crippen molar-refractivity contribution >= 4 is 15.9 Å². The summed E-state index contributed by atoms with van der Waals surface area (Å²) in [4.78, 5) is 0. The maximum Gasteiger partial charge on any atom is 0.417 e. The van der Waals surface area contributed by atoms with Crippen LogP contribution in [-0.4, -0.2) is 13.6 Å². The second kappa shape index (κ2) is 6.08. The van der Waals surface area contributed by atoms with Gasteiger partial charge in [0.25, 0.3) is 0 Å². The van der Waals surface area contributed by atoms with E-state index in [-0.39, 0.29) is 5.56 Å². The first-order chi connectivity index (χ1) is 7.95. The van der Waals surface area contributed by atoms with E-state index in [2.05, 4.69) is 33.1 Å². The average Bonchev–Trinajstić information content (AvgIpc) is 2.25. The number of benzene rings is 1. The Labute approximate surface area is 107 Å². The molecule has 1 aromatic rings. The summed E-state index contributed by atoms with van der Waals surface area (Å²) in [6, 6.07) is 3.97. The normalized spacial score (nSPS) is 10.9. The van der Waals surface area contributed by atoms with Crippen LogP contribution in [-0.2, 0) is 6.18 Å². The minimum atomic E-state index is -4.38. The Morgan fingerprint density at radius 3 is 2.65 bits per heavy atom. The molecule has 0 bridgehead atoms. The van der Waals surface area contributed by atoms with Gasteiger partial charge in [0.15, 0.2) is 0 Å². The van der Waals surface area contributed by atoms with Gasteiger partial charge in [0.1, 0.15) is 0 Å².